The third kappa shape index (κ3) is 4.24. The molecule has 6 heteroatoms. The molecule has 0 saturated heterocycles. The van der Waals surface area contributed by atoms with Crippen molar-refractivity contribution in [2.75, 3.05) is 0 Å². The molecule has 0 N–H and O–H groups in total. The number of hydrogen-bond donors (Lipinski definition) is 0. The van der Waals surface area contributed by atoms with Crippen molar-refractivity contribution in [2.24, 2.45) is 4.99 Å². The lowest BCUT2D eigenvalue weighted by molar-refractivity contribution is 0.381. The van der Waals surface area contributed by atoms with Gasteiger partial charge >= 0.3 is 0 Å². The predicted molar refractivity (Wildman–Crippen MR) is 87.8 cm³/mol. The van der Waals surface area contributed by atoms with Crippen LogP contribution in [-0.4, -0.2) is 6.21 Å². The van der Waals surface area contributed by atoms with E-state index >= 15 is 0 Å². The van der Waals surface area contributed by atoms with Gasteiger partial charge in [0.05, 0.1) is 0 Å². The zero-order valence-corrected chi connectivity index (χ0v) is 14.1. The SMILES string of the molecule is CC(C)(C)c1cccc(CCC=Nc2c(F)c(F)c(F)c(F)c2F)c1. The lowest BCUT2D eigenvalue weighted by atomic mass is 9.86. The van der Waals surface area contributed by atoms with Crippen molar-refractivity contribution in [1.29, 1.82) is 0 Å². The molecule has 25 heavy (non-hydrogen) atoms. The molecule has 0 aliphatic heterocycles. The van der Waals surface area contributed by atoms with Crippen LogP contribution in [0.2, 0.25) is 0 Å². The summed E-state index contributed by atoms with van der Waals surface area (Å²) in [7, 11) is 0. The van der Waals surface area contributed by atoms with Gasteiger partial charge in [0.25, 0.3) is 0 Å². The fraction of sp³-hybridized carbons (Fsp3) is 0.316. The van der Waals surface area contributed by atoms with E-state index in [1.54, 1.807) is 0 Å². The lowest BCUT2D eigenvalue weighted by Crippen LogP contribution is -2.11. The second kappa shape index (κ2) is 7.33. The Kier molecular flexibility index (Phi) is 5.60. The molecule has 0 fully saturated rings. The van der Waals surface area contributed by atoms with Gasteiger partial charge in [-0.25, -0.2) is 22.0 Å². The molecule has 2 aromatic carbocycles. The Labute approximate surface area is 143 Å². The summed E-state index contributed by atoms with van der Waals surface area (Å²) < 4.78 is 66.2. The maximum atomic E-state index is 13.5. The molecule has 2 aromatic rings. The molecule has 0 amide bonds. The Balaban J connectivity index is 2.13. The Bertz CT molecular complexity index is 777. The van der Waals surface area contributed by atoms with Crippen LogP contribution in [-0.2, 0) is 11.8 Å². The Hall–Kier alpha value is -2.24. The first kappa shape index (κ1) is 19.1. The Morgan fingerprint density at radius 2 is 1.44 bits per heavy atom. The molecule has 1 nitrogen and oxygen atoms in total. The van der Waals surface area contributed by atoms with Gasteiger partial charge in [0, 0.05) is 6.21 Å². The first-order chi connectivity index (χ1) is 11.6. The third-order valence-electron chi connectivity index (χ3n) is 3.76. The molecule has 0 aliphatic carbocycles. The first-order valence-corrected chi connectivity index (χ1v) is 7.76. The van der Waals surface area contributed by atoms with Crippen LogP contribution in [0.4, 0.5) is 27.6 Å². The molecule has 0 unspecified atom stereocenters. The number of nitrogens with zero attached hydrogens (tertiary/aromatic N) is 1. The Morgan fingerprint density at radius 1 is 0.880 bits per heavy atom. The van der Waals surface area contributed by atoms with E-state index in [1.165, 1.54) is 0 Å². The second-order valence-corrected chi connectivity index (χ2v) is 6.72. The van der Waals surface area contributed by atoms with Crippen LogP contribution >= 0.6 is 0 Å². The molecule has 0 spiro atoms. The van der Waals surface area contributed by atoms with Gasteiger partial charge in [0.2, 0.25) is 5.82 Å². The molecule has 0 atom stereocenters. The van der Waals surface area contributed by atoms with Gasteiger partial charge < -0.3 is 0 Å². The van der Waals surface area contributed by atoms with Crippen LogP contribution in [0.5, 0.6) is 0 Å². The second-order valence-electron chi connectivity index (χ2n) is 6.72. The van der Waals surface area contributed by atoms with Crippen molar-refractivity contribution in [2.45, 2.75) is 39.0 Å². The average molecular weight is 355 g/mol. The normalized spacial score (nSPS) is 12.2. The monoisotopic (exact) mass is 355 g/mol. The van der Waals surface area contributed by atoms with Crippen LogP contribution in [0.1, 0.15) is 38.3 Å². The van der Waals surface area contributed by atoms with Crippen LogP contribution in [0.3, 0.4) is 0 Å². The third-order valence-corrected chi connectivity index (χ3v) is 3.76. The molecular weight excluding hydrogens is 337 g/mol. The van der Waals surface area contributed by atoms with E-state index in [0.29, 0.717) is 12.8 Å². The van der Waals surface area contributed by atoms with Crippen LogP contribution in [0.25, 0.3) is 0 Å². The maximum Gasteiger partial charge on any atom is 0.200 e. The molecule has 0 heterocycles. The molecule has 0 bridgehead atoms. The first-order valence-electron chi connectivity index (χ1n) is 7.76. The molecule has 0 aromatic heterocycles. The zero-order chi connectivity index (χ0) is 18.8. The van der Waals surface area contributed by atoms with E-state index in [-0.39, 0.29) is 5.41 Å². The quantitative estimate of drug-likeness (QED) is 0.275. The van der Waals surface area contributed by atoms with Gasteiger partial charge in [-0.3, -0.25) is 4.99 Å². The van der Waals surface area contributed by atoms with E-state index in [2.05, 4.69) is 25.8 Å². The summed E-state index contributed by atoms with van der Waals surface area (Å²) in [6.07, 6.45) is 1.98. The van der Waals surface area contributed by atoms with Crippen LogP contribution in [0, 0.1) is 29.1 Å². The summed E-state index contributed by atoms with van der Waals surface area (Å²) >= 11 is 0. The number of halogens is 5. The van der Waals surface area contributed by atoms with E-state index in [0.717, 1.165) is 17.3 Å². The average Bonchev–Trinajstić information content (AvgIpc) is 2.57. The fourth-order valence-corrected chi connectivity index (χ4v) is 2.29. The van der Waals surface area contributed by atoms with Crippen LogP contribution < -0.4 is 0 Å². The number of rotatable bonds is 4. The highest BCUT2D eigenvalue weighted by atomic mass is 19.2. The molecule has 0 radical (unpaired) electrons. The van der Waals surface area contributed by atoms with Crippen molar-refractivity contribution < 1.29 is 22.0 Å². The van der Waals surface area contributed by atoms with Crippen LogP contribution in [0.15, 0.2) is 29.3 Å². The molecular formula is C19H18F5N. The summed E-state index contributed by atoms with van der Waals surface area (Å²) in [5.74, 6) is -10.0. The van der Waals surface area contributed by atoms with E-state index in [1.807, 2.05) is 24.3 Å². The summed E-state index contributed by atoms with van der Waals surface area (Å²) in [6.45, 7) is 6.24. The predicted octanol–water partition coefficient (Wildman–Crippen LogP) is 6.01. The fourth-order valence-electron chi connectivity index (χ4n) is 2.29. The lowest BCUT2D eigenvalue weighted by Gasteiger charge is -2.19. The minimum absolute atomic E-state index is 0.0144. The largest absolute Gasteiger partial charge is 0.255 e. The van der Waals surface area contributed by atoms with Gasteiger partial charge in [0.1, 0.15) is 5.69 Å². The maximum absolute atomic E-state index is 13.5. The van der Waals surface area contributed by atoms with Gasteiger partial charge in [-0.05, 0) is 29.4 Å². The molecule has 0 saturated carbocycles. The van der Waals surface area contributed by atoms with E-state index in [4.69, 9.17) is 0 Å². The summed E-state index contributed by atoms with van der Waals surface area (Å²) in [6, 6.07) is 7.84. The highest BCUT2D eigenvalue weighted by Crippen LogP contribution is 2.29. The number of benzene rings is 2. The molecule has 134 valence electrons. The van der Waals surface area contributed by atoms with Crippen molar-refractivity contribution >= 4 is 11.9 Å². The van der Waals surface area contributed by atoms with E-state index in [9.17, 15) is 22.0 Å². The van der Waals surface area contributed by atoms with Crippen molar-refractivity contribution in [3.63, 3.8) is 0 Å². The van der Waals surface area contributed by atoms with Gasteiger partial charge in [-0.2, -0.15) is 0 Å². The standard InChI is InChI=1S/C19H18F5N/c1-19(2,3)12-8-4-6-11(10-12)7-5-9-25-18-16(23)14(21)13(20)15(22)17(18)24/h4,6,8-10H,5,7H2,1-3H3. The van der Waals surface area contributed by atoms with Gasteiger partial charge in [0.15, 0.2) is 23.3 Å². The van der Waals surface area contributed by atoms with Crippen molar-refractivity contribution in [3.8, 4) is 0 Å². The van der Waals surface area contributed by atoms with Gasteiger partial charge in [-0.15, -0.1) is 0 Å². The summed E-state index contributed by atoms with van der Waals surface area (Å²) in [5.41, 5.74) is 0.956. The Morgan fingerprint density at radius 3 is 2.00 bits per heavy atom. The van der Waals surface area contributed by atoms with Gasteiger partial charge in [-0.1, -0.05) is 45.0 Å². The summed E-state index contributed by atoms with van der Waals surface area (Å²) in [5, 5.41) is 0. The number of aryl methyl sites for hydroxylation is 1. The molecule has 0 aliphatic rings. The van der Waals surface area contributed by atoms with E-state index < -0.39 is 34.8 Å². The smallest absolute Gasteiger partial charge is 0.200 e. The van der Waals surface area contributed by atoms with Crippen molar-refractivity contribution in [3.05, 3.63) is 64.5 Å². The highest BCUT2D eigenvalue weighted by Gasteiger charge is 2.25. The highest BCUT2D eigenvalue weighted by molar-refractivity contribution is 5.64. The van der Waals surface area contributed by atoms with Crippen molar-refractivity contribution in [1.82, 2.24) is 0 Å². The topological polar surface area (TPSA) is 12.4 Å². The zero-order valence-electron chi connectivity index (χ0n) is 14.1. The minimum Gasteiger partial charge on any atom is -0.255 e. The number of aliphatic imine (C=N–C) groups is 1. The minimum atomic E-state index is -2.19. The summed E-state index contributed by atoms with van der Waals surface area (Å²) in [4.78, 5) is 3.43. The number of hydrogen-bond acceptors (Lipinski definition) is 1. The molecule has 2 rings (SSSR count).